The van der Waals surface area contributed by atoms with Gasteiger partial charge in [-0.15, -0.1) is 0 Å². The van der Waals surface area contributed by atoms with Gasteiger partial charge in [-0.05, 0) is 0 Å². The zero-order chi connectivity index (χ0) is 12.5. The first-order valence-electron chi connectivity index (χ1n) is 6.90. The number of carbonyl (C=O) groups is 1. The molecule has 2 bridgehead atoms. The van der Waals surface area contributed by atoms with Gasteiger partial charge in [0, 0.05) is 0 Å². The van der Waals surface area contributed by atoms with Crippen LogP contribution in [-0.2, 0) is 8.56 Å². The topological polar surface area (TPSA) is 26.3 Å². The zero-order valence-corrected chi connectivity index (χ0v) is 13.4. The van der Waals surface area contributed by atoms with E-state index in [0.717, 1.165) is 18.1 Å². The second-order valence-electron chi connectivity index (χ2n) is 6.27. The molecule has 2 aliphatic carbocycles. The van der Waals surface area contributed by atoms with Crippen molar-refractivity contribution in [1.29, 1.82) is 0 Å². The molecule has 0 N–H and O–H groups in total. The number of allylic oxidation sites excluding steroid dienone is 1. The van der Waals surface area contributed by atoms with Crippen LogP contribution in [0.3, 0.4) is 0 Å². The fourth-order valence-corrected chi connectivity index (χ4v) is 7.23. The SMILES string of the molecule is CCC[CH2][Ge]([CH3])([CH3])[O]C(=O)C12C=CC(CC1)C2. The summed E-state index contributed by atoms with van der Waals surface area (Å²) in [6.45, 7) is 2.19. The van der Waals surface area contributed by atoms with Crippen molar-refractivity contribution in [1.82, 2.24) is 0 Å². The molecule has 3 heteroatoms. The van der Waals surface area contributed by atoms with E-state index in [4.69, 9.17) is 3.76 Å². The van der Waals surface area contributed by atoms with Crippen molar-refractivity contribution in [2.24, 2.45) is 11.3 Å². The van der Waals surface area contributed by atoms with Crippen LogP contribution in [0.1, 0.15) is 39.0 Å². The molecule has 0 aliphatic heterocycles. The molecule has 2 rings (SSSR count). The van der Waals surface area contributed by atoms with Gasteiger partial charge in [0.2, 0.25) is 0 Å². The summed E-state index contributed by atoms with van der Waals surface area (Å²) in [5, 5.41) is 1.14. The molecule has 1 fully saturated rings. The predicted octanol–water partition coefficient (Wildman–Crippen LogP) is 3.89. The van der Waals surface area contributed by atoms with E-state index in [1.54, 1.807) is 0 Å². The van der Waals surface area contributed by atoms with Gasteiger partial charge >= 0.3 is 107 Å². The van der Waals surface area contributed by atoms with Crippen LogP contribution in [0.15, 0.2) is 12.2 Å². The summed E-state index contributed by atoms with van der Waals surface area (Å²) in [7, 11) is 0. The second-order valence-corrected chi connectivity index (χ2v) is 15.1. The minimum absolute atomic E-state index is 0.0925. The van der Waals surface area contributed by atoms with Gasteiger partial charge < -0.3 is 0 Å². The molecule has 0 aromatic heterocycles. The van der Waals surface area contributed by atoms with Crippen LogP contribution in [0, 0.1) is 11.3 Å². The molecule has 0 aromatic carbocycles. The average Bonchev–Trinajstić information content (AvgIpc) is 2.87. The summed E-state index contributed by atoms with van der Waals surface area (Å²) >= 11 is -2.30. The van der Waals surface area contributed by atoms with E-state index in [1.807, 2.05) is 0 Å². The summed E-state index contributed by atoms with van der Waals surface area (Å²) in [5.74, 6) is 5.17. The number of hydrogen-bond donors (Lipinski definition) is 0. The maximum absolute atomic E-state index is 12.4. The van der Waals surface area contributed by atoms with Crippen molar-refractivity contribution in [3.05, 3.63) is 12.2 Å². The molecule has 17 heavy (non-hydrogen) atoms. The first-order valence-corrected chi connectivity index (χ1v) is 13.4. The fraction of sp³-hybridized carbons (Fsp3) is 0.786. The molecule has 2 unspecified atom stereocenters. The van der Waals surface area contributed by atoms with Gasteiger partial charge in [-0.1, -0.05) is 0 Å². The Kier molecular flexibility index (Phi) is 3.72. The standard InChI is InChI=1S/C14H24GeO2/c1-4-5-10-15(2,3)17-13(16)14-8-6-12(11-14)7-9-14/h6,8,12H,4-5,7,9-11H2,1-3H3. The first kappa shape index (κ1) is 13.2. The maximum atomic E-state index is 12.4. The summed E-state index contributed by atoms with van der Waals surface area (Å²) in [4.78, 5) is 12.4. The monoisotopic (exact) mass is 298 g/mol. The van der Waals surface area contributed by atoms with Gasteiger partial charge in [0.1, 0.15) is 0 Å². The Bertz CT molecular complexity index is 335. The van der Waals surface area contributed by atoms with Crippen LogP contribution in [0.4, 0.5) is 0 Å². The molecule has 2 nitrogen and oxygen atoms in total. The number of unbranched alkanes of at least 4 members (excludes halogenated alkanes) is 1. The molecular formula is C14H24GeO2. The number of carbonyl (C=O) groups excluding carboxylic acids is 1. The third-order valence-corrected chi connectivity index (χ3v) is 9.00. The minimum atomic E-state index is -2.30. The van der Waals surface area contributed by atoms with E-state index in [-0.39, 0.29) is 11.4 Å². The Morgan fingerprint density at radius 2 is 2.29 bits per heavy atom. The second kappa shape index (κ2) is 4.79. The van der Waals surface area contributed by atoms with E-state index < -0.39 is 13.6 Å². The summed E-state index contributed by atoms with van der Waals surface area (Å²) in [6.07, 6.45) is 9.94. The third kappa shape index (κ3) is 2.78. The van der Waals surface area contributed by atoms with E-state index in [2.05, 4.69) is 30.6 Å². The Morgan fingerprint density at radius 1 is 1.53 bits per heavy atom. The molecule has 0 saturated heterocycles. The van der Waals surface area contributed by atoms with Gasteiger partial charge in [-0.25, -0.2) is 0 Å². The first-order chi connectivity index (χ1) is 7.97. The van der Waals surface area contributed by atoms with Crippen LogP contribution in [0.5, 0.6) is 0 Å². The van der Waals surface area contributed by atoms with Crippen molar-refractivity contribution in [3.63, 3.8) is 0 Å². The zero-order valence-electron chi connectivity index (χ0n) is 11.3. The van der Waals surface area contributed by atoms with Crippen LogP contribution >= 0.6 is 0 Å². The van der Waals surface area contributed by atoms with Gasteiger partial charge in [0.15, 0.2) is 0 Å². The van der Waals surface area contributed by atoms with Crippen LogP contribution in [0.25, 0.3) is 0 Å². The van der Waals surface area contributed by atoms with Crippen molar-refractivity contribution in [2.45, 2.75) is 55.8 Å². The molecule has 0 amide bonds. The molecule has 0 aromatic rings. The van der Waals surface area contributed by atoms with E-state index in [9.17, 15) is 4.79 Å². The predicted molar refractivity (Wildman–Crippen MR) is 72.2 cm³/mol. The Hall–Kier alpha value is -0.247. The molecule has 1 saturated carbocycles. The molecule has 0 heterocycles. The van der Waals surface area contributed by atoms with E-state index >= 15 is 0 Å². The number of hydrogen-bond acceptors (Lipinski definition) is 2. The normalized spacial score (nSPS) is 30.9. The molecule has 0 spiro atoms. The summed E-state index contributed by atoms with van der Waals surface area (Å²) in [5.41, 5.74) is -0.223. The Morgan fingerprint density at radius 3 is 2.76 bits per heavy atom. The summed E-state index contributed by atoms with van der Waals surface area (Å²) in [6, 6.07) is 0. The summed E-state index contributed by atoms with van der Waals surface area (Å²) < 4.78 is 5.94. The molecule has 0 radical (unpaired) electrons. The molecular weight excluding hydrogens is 273 g/mol. The van der Waals surface area contributed by atoms with Gasteiger partial charge in [0.25, 0.3) is 0 Å². The Balaban J connectivity index is 1.95. The van der Waals surface area contributed by atoms with Crippen LogP contribution in [0.2, 0.25) is 16.8 Å². The third-order valence-electron chi connectivity index (χ3n) is 4.18. The van der Waals surface area contributed by atoms with Crippen molar-refractivity contribution in [3.8, 4) is 0 Å². The molecule has 2 atom stereocenters. The average molecular weight is 297 g/mol. The molecule has 2 aliphatic rings. The van der Waals surface area contributed by atoms with Crippen LogP contribution < -0.4 is 0 Å². The van der Waals surface area contributed by atoms with Gasteiger partial charge in [-0.2, -0.15) is 0 Å². The van der Waals surface area contributed by atoms with Crippen molar-refractivity contribution < 1.29 is 8.56 Å². The molecule has 96 valence electrons. The van der Waals surface area contributed by atoms with Crippen molar-refractivity contribution >= 4 is 19.6 Å². The fourth-order valence-electron chi connectivity index (χ4n) is 3.01. The van der Waals surface area contributed by atoms with E-state index in [1.165, 1.54) is 19.3 Å². The number of fused-ring (bicyclic) bond motifs is 2. The van der Waals surface area contributed by atoms with Crippen molar-refractivity contribution in [2.75, 3.05) is 0 Å². The van der Waals surface area contributed by atoms with Crippen LogP contribution in [-0.4, -0.2) is 19.6 Å². The number of rotatable bonds is 5. The quantitative estimate of drug-likeness (QED) is 0.568. The van der Waals surface area contributed by atoms with Gasteiger partial charge in [0.05, 0.1) is 0 Å². The van der Waals surface area contributed by atoms with Gasteiger partial charge in [-0.3, -0.25) is 0 Å². The van der Waals surface area contributed by atoms with E-state index in [0.29, 0.717) is 5.92 Å². The Labute approximate surface area is 108 Å².